The van der Waals surface area contributed by atoms with Crippen LogP contribution in [0, 0.1) is 0 Å². The van der Waals surface area contributed by atoms with Crippen molar-refractivity contribution in [2.75, 3.05) is 26.2 Å². The molecule has 1 saturated heterocycles. The summed E-state index contributed by atoms with van der Waals surface area (Å²) in [5.74, 6) is -0.0561. The van der Waals surface area contributed by atoms with Gasteiger partial charge in [-0.3, -0.25) is 9.69 Å². The smallest absolute Gasteiger partial charge is 0.251 e. The lowest BCUT2D eigenvalue weighted by Crippen LogP contribution is -2.42. The second-order valence-electron chi connectivity index (χ2n) is 5.31. The summed E-state index contributed by atoms with van der Waals surface area (Å²) < 4.78 is 0. The van der Waals surface area contributed by atoms with Crippen LogP contribution in [-0.2, 0) is 13.1 Å². The number of nitrogens with zero attached hydrogens (tertiary/aromatic N) is 2. The van der Waals surface area contributed by atoms with E-state index in [2.05, 4.69) is 25.9 Å². The Labute approximate surface area is 170 Å². The van der Waals surface area contributed by atoms with Crippen LogP contribution in [0.15, 0.2) is 35.7 Å². The number of carbonyl (C=O) groups is 1. The first-order valence-electron chi connectivity index (χ1n) is 7.51. The van der Waals surface area contributed by atoms with Crippen molar-refractivity contribution in [2.24, 2.45) is 0 Å². The lowest BCUT2D eigenvalue weighted by atomic mass is 10.2. The van der Waals surface area contributed by atoms with Gasteiger partial charge in [-0.25, -0.2) is 4.98 Å². The van der Waals surface area contributed by atoms with Crippen LogP contribution in [0.5, 0.6) is 0 Å². The molecule has 1 aliphatic heterocycles. The Balaban J connectivity index is 0.00000192. The second-order valence-corrected chi connectivity index (χ2v) is 6.25. The molecule has 140 valence electrons. The van der Waals surface area contributed by atoms with Crippen molar-refractivity contribution in [3.63, 3.8) is 0 Å². The maximum atomic E-state index is 12.0. The number of carbonyl (C=O) groups excluding carboxylic acids is 1. The van der Waals surface area contributed by atoms with Crippen LogP contribution in [0.3, 0.4) is 0 Å². The number of piperazine rings is 1. The molecule has 9 heteroatoms. The summed E-state index contributed by atoms with van der Waals surface area (Å²) in [6.07, 6.45) is 0. The summed E-state index contributed by atoms with van der Waals surface area (Å²) in [4.78, 5) is 19.0. The lowest BCUT2D eigenvalue weighted by Gasteiger charge is -2.26. The van der Waals surface area contributed by atoms with Crippen LogP contribution in [0.4, 0.5) is 0 Å². The highest BCUT2D eigenvalue weighted by molar-refractivity contribution is 7.09. The fraction of sp³-hybridized carbons (Fsp3) is 0.375. The minimum absolute atomic E-state index is 0. The van der Waals surface area contributed by atoms with Crippen LogP contribution in [0.2, 0.25) is 0 Å². The normalized spacial score (nSPS) is 13.8. The van der Waals surface area contributed by atoms with E-state index >= 15 is 0 Å². The van der Waals surface area contributed by atoms with Gasteiger partial charge in [-0.15, -0.1) is 48.6 Å². The van der Waals surface area contributed by atoms with E-state index in [9.17, 15) is 4.79 Å². The zero-order valence-corrected chi connectivity index (χ0v) is 16.9. The van der Waals surface area contributed by atoms with Gasteiger partial charge in [0.15, 0.2) is 0 Å². The van der Waals surface area contributed by atoms with Gasteiger partial charge in [0.2, 0.25) is 0 Å². The van der Waals surface area contributed by atoms with E-state index in [1.165, 1.54) is 0 Å². The summed E-state index contributed by atoms with van der Waals surface area (Å²) in [5.41, 5.74) is 1.77. The van der Waals surface area contributed by atoms with Gasteiger partial charge in [0.25, 0.3) is 5.91 Å². The Morgan fingerprint density at radius 2 is 1.84 bits per heavy atom. The van der Waals surface area contributed by atoms with E-state index in [1.807, 2.05) is 30.3 Å². The average molecular weight is 426 g/mol. The first kappa shape index (κ1) is 24.1. The summed E-state index contributed by atoms with van der Waals surface area (Å²) >= 11 is 1.61. The number of hydrogen-bond donors (Lipinski definition) is 2. The van der Waals surface area contributed by atoms with E-state index in [1.54, 1.807) is 11.3 Å². The highest BCUT2D eigenvalue weighted by Crippen LogP contribution is 2.12. The summed E-state index contributed by atoms with van der Waals surface area (Å²) in [6.45, 7) is 5.61. The number of nitrogens with one attached hydrogen (secondary N) is 2. The summed E-state index contributed by atoms with van der Waals surface area (Å²) in [5, 5.41) is 9.31. The number of rotatable bonds is 5. The molecular formula is C16H23Cl3N4OS. The van der Waals surface area contributed by atoms with Crippen molar-refractivity contribution in [1.29, 1.82) is 0 Å². The Bertz CT molecular complexity index is 621. The van der Waals surface area contributed by atoms with E-state index in [-0.39, 0.29) is 43.1 Å². The molecule has 1 aromatic heterocycles. The molecule has 2 aromatic rings. The average Bonchev–Trinajstić information content (AvgIpc) is 3.02. The zero-order chi connectivity index (χ0) is 15.2. The SMILES string of the molecule is Cl.Cl.Cl.O=C(NCc1nc(CN2CCNCC2)cs1)c1ccccc1. The molecule has 3 rings (SSSR count). The molecule has 2 heterocycles. The first-order valence-corrected chi connectivity index (χ1v) is 8.39. The predicted octanol–water partition coefficient (Wildman–Crippen LogP) is 2.74. The number of hydrogen-bond acceptors (Lipinski definition) is 5. The van der Waals surface area contributed by atoms with Gasteiger partial charge in [0, 0.05) is 43.7 Å². The Morgan fingerprint density at radius 1 is 1.16 bits per heavy atom. The molecule has 1 fully saturated rings. The molecule has 0 unspecified atom stereocenters. The Morgan fingerprint density at radius 3 is 2.52 bits per heavy atom. The van der Waals surface area contributed by atoms with Gasteiger partial charge < -0.3 is 10.6 Å². The molecule has 0 saturated carbocycles. The fourth-order valence-electron chi connectivity index (χ4n) is 2.45. The van der Waals surface area contributed by atoms with Crippen molar-refractivity contribution >= 4 is 54.5 Å². The molecule has 25 heavy (non-hydrogen) atoms. The molecular weight excluding hydrogens is 403 g/mol. The number of thiazole rings is 1. The molecule has 0 aliphatic carbocycles. The third-order valence-electron chi connectivity index (χ3n) is 3.63. The van der Waals surface area contributed by atoms with Gasteiger partial charge in [-0.2, -0.15) is 0 Å². The van der Waals surface area contributed by atoms with E-state index in [0.717, 1.165) is 43.4 Å². The minimum Gasteiger partial charge on any atom is -0.346 e. The van der Waals surface area contributed by atoms with Gasteiger partial charge in [-0.05, 0) is 12.1 Å². The fourth-order valence-corrected chi connectivity index (χ4v) is 3.17. The number of aromatic nitrogens is 1. The highest BCUT2D eigenvalue weighted by Gasteiger charge is 2.12. The maximum Gasteiger partial charge on any atom is 0.251 e. The Hall–Kier alpha value is -0.890. The van der Waals surface area contributed by atoms with Crippen LogP contribution < -0.4 is 10.6 Å². The Kier molecular flexibility index (Phi) is 12.0. The van der Waals surface area contributed by atoms with Crippen LogP contribution >= 0.6 is 48.6 Å². The van der Waals surface area contributed by atoms with Gasteiger partial charge in [0.05, 0.1) is 12.2 Å². The van der Waals surface area contributed by atoms with Crippen molar-refractivity contribution in [1.82, 2.24) is 20.5 Å². The minimum atomic E-state index is -0.0561. The molecule has 2 N–H and O–H groups in total. The molecule has 0 radical (unpaired) electrons. The predicted molar refractivity (Wildman–Crippen MR) is 110 cm³/mol. The quantitative estimate of drug-likeness (QED) is 0.773. The van der Waals surface area contributed by atoms with E-state index in [4.69, 9.17) is 0 Å². The molecule has 0 bridgehead atoms. The molecule has 0 spiro atoms. The van der Waals surface area contributed by atoms with E-state index < -0.39 is 0 Å². The number of amides is 1. The molecule has 1 aromatic carbocycles. The lowest BCUT2D eigenvalue weighted by molar-refractivity contribution is 0.0951. The van der Waals surface area contributed by atoms with E-state index in [0.29, 0.717) is 12.1 Å². The van der Waals surface area contributed by atoms with Crippen molar-refractivity contribution in [3.05, 3.63) is 52.0 Å². The van der Waals surface area contributed by atoms with Crippen LogP contribution in [0.25, 0.3) is 0 Å². The maximum absolute atomic E-state index is 12.0. The topological polar surface area (TPSA) is 57.3 Å². The second kappa shape index (κ2) is 12.5. The number of halogens is 3. The van der Waals surface area contributed by atoms with Crippen molar-refractivity contribution in [2.45, 2.75) is 13.1 Å². The molecule has 1 aliphatic rings. The van der Waals surface area contributed by atoms with Gasteiger partial charge in [0.1, 0.15) is 5.01 Å². The van der Waals surface area contributed by atoms with Crippen molar-refractivity contribution < 1.29 is 4.79 Å². The van der Waals surface area contributed by atoms with Crippen LogP contribution in [-0.4, -0.2) is 42.0 Å². The third kappa shape index (κ3) is 7.48. The third-order valence-corrected chi connectivity index (χ3v) is 4.53. The molecule has 5 nitrogen and oxygen atoms in total. The van der Waals surface area contributed by atoms with Crippen molar-refractivity contribution in [3.8, 4) is 0 Å². The monoisotopic (exact) mass is 424 g/mol. The molecule has 0 atom stereocenters. The number of benzene rings is 1. The standard InChI is InChI=1S/C16H20N4OS.3ClH/c21-16(13-4-2-1-3-5-13)18-10-15-19-14(12-22-15)11-20-8-6-17-7-9-20;;;/h1-5,12,17H,6-11H2,(H,18,21);3*1H. The molecule has 1 amide bonds. The summed E-state index contributed by atoms with van der Waals surface area (Å²) in [6, 6.07) is 9.26. The largest absolute Gasteiger partial charge is 0.346 e. The van der Waals surface area contributed by atoms with Gasteiger partial charge >= 0.3 is 0 Å². The van der Waals surface area contributed by atoms with Crippen LogP contribution in [0.1, 0.15) is 21.1 Å². The zero-order valence-electron chi connectivity index (χ0n) is 13.6. The first-order chi connectivity index (χ1) is 10.8. The highest BCUT2D eigenvalue weighted by atomic mass is 35.5. The summed E-state index contributed by atoms with van der Waals surface area (Å²) in [7, 11) is 0. The van der Waals surface area contributed by atoms with Gasteiger partial charge in [-0.1, -0.05) is 18.2 Å².